The summed E-state index contributed by atoms with van der Waals surface area (Å²) in [4.78, 5) is 17.8. The maximum Gasteiger partial charge on any atom is 0.262 e. The van der Waals surface area contributed by atoms with Gasteiger partial charge in [-0.15, -0.1) is 0 Å². The monoisotopic (exact) mass is 208 g/mol. The predicted molar refractivity (Wildman–Crippen MR) is 53.5 cm³/mol. The van der Waals surface area contributed by atoms with Crippen LogP contribution >= 0.6 is 0 Å². The van der Waals surface area contributed by atoms with Crippen LogP contribution in [-0.4, -0.2) is 16.6 Å². The molecule has 78 valence electrons. The molecule has 0 saturated carbocycles. The van der Waals surface area contributed by atoms with E-state index in [2.05, 4.69) is 9.97 Å². The van der Waals surface area contributed by atoms with Crippen molar-refractivity contribution in [2.45, 2.75) is 6.92 Å². The number of hydrogen-bond acceptors (Lipinski definition) is 3. The van der Waals surface area contributed by atoms with E-state index < -0.39 is 5.82 Å². The van der Waals surface area contributed by atoms with E-state index in [0.717, 1.165) is 0 Å². The summed E-state index contributed by atoms with van der Waals surface area (Å²) < 4.78 is 18.3. The standard InChI is InChI=1S/C10H9FN2O2/c1-2-15-8-4-6(11)3-7-9(8)10(14)13-5-12-7/h3-5H,2H2,1H3,(H,12,13,14). The molecule has 4 nitrogen and oxygen atoms in total. The second-order valence-electron chi connectivity index (χ2n) is 2.96. The molecular formula is C10H9FN2O2. The summed E-state index contributed by atoms with van der Waals surface area (Å²) in [5.74, 6) is -0.245. The van der Waals surface area contributed by atoms with Crippen LogP contribution in [-0.2, 0) is 0 Å². The van der Waals surface area contributed by atoms with E-state index in [0.29, 0.717) is 12.1 Å². The lowest BCUT2D eigenvalue weighted by Gasteiger charge is -2.05. The smallest absolute Gasteiger partial charge is 0.262 e. The Hall–Kier alpha value is -1.91. The van der Waals surface area contributed by atoms with Crippen LogP contribution in [0.2, 0.25) is 0 Å². The molecule has 0 spiro atoms. The normalized spacial score (nSPS) is 10.5. The van der Waals surface area contributed by atoms with Crippen molar-refractivity contribution in [3.63, 3.8) is 0 Å². The van der Waals surface area contributed by atoms with Gasteiger partial charge in [-0.2, -0.15) is 0 Å². The van der Waals surface area contributed by atoms with Gasteiger partial charge >= 0.3 is 0 Å². The number of nitrogens with zero attached hydrogens (tertiary/aromatic N) is 1. The molecular weight excluding hydrogens is 199 g/mol. The third-order valence-electron chi connectivity index (χ3n) is 1.97. The molecule has 1 N–H and O–H groups in total. The molecule has 0 aliphatic heterocycles. The fourth-order valence-electron chi connectivity index (χ4n) is 1.40. The van der Waals surface area contributed by atoms with Gasteiger partial charge < -0.3 is 9.72 Å². The number of benzene rings is 1. The Kier molecular flexibility index (Phi) is 2.37. The van der Waals surface area contributed by atoms with Crippen molar-refractivity contribution in [1.82, 2.24) is 9.97 Å². The first-order valence-corrected chi connectivity index (χ1v) is 4.52. The molecule has 0 amide bonds. The molecule has 0 radical (unpaired) electrons. The maximum atomic E-state index is 13.1. The van der Waals surface area contributed by atoms with Gasteiger partial charge in [-0.05, 0) is 6.92 Å². The third-order valence-corrected chi connectivity index (χ3v) is 1.97. The fourth-order valence-corrected chi connectivity index (χ4v) is 1.40. The van der Waals surface area contributed by atoms with Crippen molar-refractivity contribution in [1.29, 1.82) is 0 Å². The molecule has 0 aliphatic carbocycles. The minimum absolute atomic E-state index is 0.224. The molecule has 5 heteroatoms. The number of aromatic amines is 1. The maximum absolute atomic E-state index is 13.1. The average molecular weight is 208 g/mol. The summed E-state index contributed by atoms with van der Waals surface area (Å²) in [7, 11) is 0. The van der Waals surface area contributed by atoms with Gasteiger partial charge in [0.05, 0.1) is 18.5 Å². The summed E-state index contributed by atoms with van der Waals surface area (Å²) in [6.45, 7) is 2.13. The molecule has 0 aliphatic rings. The van der Waals surface area contributed by atoms with E-state index >= 15 is 0 Å². The summed E-state index contributed by atoms with van der Waals surface area (Å²) in [6.07, 6.45) is 1.24. The number of H-pyrrole nitrogens is 1. The zero-order valence-corrected chi connectivity index (χ0v) is 8.08. The van der Waals surface area contributed by atoms with Crippen LogP contribution in [0.15, 0.2) is 23.3 Å². The Bertz CT molecular complexity index is 551. The van der Waals surface area contributed by atoms with Crippen LogP contribution < -0.4 is 10.3 Å². The highest BCUT2D eigenvalue weighted by atomic mass is 19.1. The Morgan fingerprint density at radius 3 is 3.07 bits per heavy atom. The van der Waals surface area contributed by atoms with Crippen molar-refractivity contribution in [2.24, 2.45) is 0 Å². The Balaban J connectivity index is 2.82. The summed E-state index contributed by atoms with van der Waals surface area (Å²) >= 11 is 0. The van der Waals surface area contributed by atoms with Gasteiger partial charge in [0.2, 0.25) is 0 Å². The second kappa shape index (κ2) is 3.68. The molecule has 0 fully saturated rings. The molecule has 0 bridgehead atoms. The number of hydrogen-bond donors (Lipinski definition) is 1. The van der Waals surface area contributed by atoms with Crippen LogP contribution in [0.4, 0.5) is 4.39 Å². The second-order valence-corrected chi connectivity index (χ2v) is 2.96. The lowest BCUT2D eigenvalue weighted by Crippen LogP contribution is -2.09. The van der Waals surface area contributed by atoms with Crippen LogP contribution in [0.5, 0.6) is 5.75 Å². The molecule has 2 aromatic rings. The first-order valence-electron chi connectivity index (χ1n) is 4.52. The van der Waals surface area contributed by atoms with Crippen LogP contribution in [0.3, 0.4) is 0 Å². The SMILES string of the molecule is CCOc1cc(F)cc2nc[nH]c(=O)c12. The first kappa shape index (κ1) is 9.64. The number of nitrogens with one attached hydrogen (secondary N) is 1. The van der Waals surface area contributed by atoms with E-state index in [-0.39, 0.29) is 16.7 Å². The van der Waals surface area contributed by atoms with Crippen molar-refractivity contribution in [3.05, 3.63) is 34.6 Å². The molecule has 15 heavy (non-hydrogen) atoms. The highest BCUT2D eigenvalue weighted by Gasteiger charge is 2.09. The number of rotatable bonds is 2. The largest absolute Gasteiger partial charge is 0.493 e. The van der Waals surface area contributed by atoms with E-state index in [1.54, 1.807) is 6.92 Å². The Morgan fingerprint density at radius 1 is 1.53 bits per heavy atom. The van der Waals surface area contributed by atoms with Crippen molar-refractivity contribution >= 4 is 10.9 Å². The zero-order valence-electron chi connectivity index (χ0n) is 8.08. The molecule has 2 rings (SSSR count). The number of ether oxygens (including phenoxy) is 1. The molecule has 0 atom stereocenters. The molecule has 0 unspecified atom stereocenters. The molecule has 1 aromatic carbocycles. The van der Waals surface area contributed by atoms with Crippen molar-refractivity contribution in [3.8, 4) is 5.75 Å². The zero-order chi connectivity index (χ0) is 10.8. The number of aromatic nitrogens is 2. The molecule has 1 aromatic heterocycles. The third kappa shape index (κ3) is 1.68. The van der Waals surface area contributed by atoms with Gasteiger partial charge in [-0.3, -0.25) is 4.79 Å². The minimum Gasteiger partial charge on any atom is -0.493 e. The van der Waals surface area contributed by atoms with Crippen LogP contribution in [0.25, 0.3) is 10.9 Å². The quantitative estimate of drug-likeness (QED) is 0.812. The van der Waals surface area contributed by atoms with Gasteiger partial charge in [0.15, 0.2) is 0 Å². The topological polar surface area (TPSA) is 55.0 Å². The van der Waals surface area contributed by atoms with Gasteiger partial charge in [-0.1, -0.05) is 0 Å². The van der Waals surface area contributed by atoms with Crippen molar-refractivity contribution < 1.29 is 9.13 Å². The van der Waals surface area contributed by atoms with Gasteiger partial charge in [-0.25, -0.2) is 9.37 Å². The van der Waals surface area contributed by atoms with Crippen LogP contribution in [0, 0.1) is 5.82 Å². The highest BCUT2D eigenvalue weighted by Crippen LogP contribution is 2.22. The lowest BCUT2D eigenvalue weighted by atomic mass is 10.2. The Morgan fingerprint density at radius 2 is 2.33 bits per heavy atom. The predicted octanol–water partition coefficient (Wildman–Crippen LogP) is 1.46. The van der Waals surface area contributed by atoms with E-state index in [1.807, 2.05) is 0 Å². The summed E-state index contributed by atoms with van der Waals surface area (Å²) in [5.41, 5.74) is -0.0364. The lowest BCUT2D eigenvalue weighted by molar-refractivity contribution is 0.342. The minimum atomic E-state index is -0.468. The first-order chi connectivity index (χ1) is 7.22. The van der Waals surface area contributed by atoms with E-state index in [4.69, 9.17) is 4.74 Å². The van der Waals surface area contributed by atoms with Crippen molar-refractivity contribution in [2.75, 3.05) is 6.61 Å². The summed E-state index contributed by atoms with van der Waals surface area (Å²) in [5, 5.41) is 0.278. The van der Waals surface area contributed by atoms with Gasteiger partial charge in [0.1, 0.15) is 17.0 Å². The number of halogens is 1. The highest BCUT2D eigenvalue weighted by molar-refractivity contribution is 5.83. The van der Waals surface area contributed by atoms with Gasteiger partial charge in [0.25, 0.3) is 5.56 Å². The average Bonchev–Trinajstić information content (AvgIpc) is 2.17. The molecule has 1 heterocycles. The number of fused-ring (bicyclic) bond motifs is 1. The molecule has 0 saturated heterocycles. The van der Waals surface area contributed by atoms with Gasteiger partial charge in [0, 0.05) is 12.1 Å². The van der Waals surface area contributed by atoms with E-state index in [9.17, 15) is 9.18 Å². The van der Waals surface area contributed by atoms with E-state index in [1.165, 1.54) is 18.5 Å². The summed E-state index contributed by atoms with van der Waals surface area (Å²) in [6, 6.07) is 2.38. The fraction of sp³-hybridized carbons (Fsp3) is 0.200. The van der Waals surface area contributed by atoms with Crippen LogP contribution in [0.1, 0.15) is 6.92 Å². The Labute approximate surface area is 84.7 Å².